The molecule has 0 heterocycles. The van der Waals surface area contributed by atoms with Crippen LogP contribution in [0.3, 0.4) is 0 Å². The Morgan fingerprint density at radius 1 is 1.39 bits per heavy atom. The lowest BCUT2D eigenvalue weighted by Gasteiger charge is -2.19. The molecule has 3 nitrogen and oxygen atoms in total. The van der Waals surface area contributed by atoms with Crippen molar-refractivity contribution < 1.29 is 4.74 Å². The number of benzene rings is 1. The van der Waals surface area contributed by atoms with E-state index in [1.165, 1.54) is 5.56 Å². The third-order valence-corrected chi connectivity index (χ3v) is 3.21. The van der Waals surface area contributed by atoms with Gasteiger partial charge in [-0.15, -0.1) is 0 Å². The van der Waals surface area contributed by atoms with Crippen molar-refractivity contribution in [3.05, 3.63) is 29.3 Å². The number of hydrogen-bond acceptors (Lipinski definition) is 3. The van der Waals surface area contributed by atoms with Crippen LogP contribution in [-0.2, 0) is 0 Å². The van der Waals surface area contributed by atoms with E-state index >= 15 is 0 Å². The van der Waals surface area contributed by atoms with E-state index in [0.29, 0.717) is 19.4 Å². The summed E-state index contributed by atoms with van der Waals surface area (Å²) >= 11 is 0. The first-order chi connectivity index (χ1) is 8.50. The Morgan fingerprint density at radius 3 is 2.67 bits per heavy atom. The predicted octanol–water partition coefficient (Wildman–Crippen LogP) is 3.09. The second-order valence-corrected chi connectivity index (χ2v) is 4.84. The van der Waals surface area contributed by atoms with Gasteiger partial charge in [0.05, 0.1) is 12.7 Å². The fourth-order valence-electron chi connectivity index (χ4n) is 1.84. The normalized spacial score (nSPS) is 13.7. The highest BCUT2D eigenvalue weighted by Gasteiger charge is 2.21. The molecule has 3 heteroatoms. The van der Waals surface area contributed by atoms with Crippen LogP contribution >= 0.6 is 0 Å². The molecule has 0 fully saturated rings. The van der Waals surface area contributed by atoms with E-state index in [4.69, 9.17) is 15.7 Å². The van der Waals surface area contributed by atoms with Crippen LogP contribution in [0.2, 0.25) is 0 Å². The lowest BCUT2D eigenvalue weighted by atomic mass is 9.94. The molecule has 0 spiro atoms. The minimum atomic E-state index is -0.703. The first-order valence-electron chi connectivity index (χ1n) is 6.41. The molecule has 0 saturated carbocycles. The number of rotatable bonds is 6. The van der Waals surface area contributed by atoms with E-state index in [-0.39, 0.29) is 0 Å². The molecule has 0 amide bonds. The van der Waals surface area contributed by atoms with Gasteiger partial charge in [0.2, 0.25) is 0 Å². The quantitative estimate of drug-likeness (QED) is 0.785. The lowest BCUT2D eigenvalue weighted by Crippen LogP contribution is -2.37. The summed E-state index contributed by atoms with van der Waals surface area (Å²) in [7, 11) is 0. The molecule has 0 radical (unpaired) electrons. The number of ether oxygens (including phenoxy) is 1. The SMILES string of the molecule is CCC(N)(C#N)CCCOc1ccc(C)cc1C. The molecule has 18 heavy (non-hydrogen) atoms. The molecule has 1 unspecified atom stereocenters. The molecular weight excluding hydrogens is 224 g/mol. The number of nitrogens with zero attached hydrogens (tertiary/aromatic N) is 1. The monoisotopic (exact) mass is 246 g/mol. The fraction of sp³-hybridized carbons (Fsp3) is 0.533. The third-order valence-electron chi connectivity index (χ3n) is 3.21. The highest BCUT2D eigenvalue weighted by atomic mass is 16.5. The topological polar surface area (TPSA) is 59.0 Å². The molecule has 0 bridgehead atoms. The summed E-state index contributed by atoms with van der Waals surface area (Å²) in [5.74, 6) is 0.914. The average Bonchev–Trinajstić information content (AvgIpc) is 2.36. The van der Waals surface area contributed by atoms with Crippen LogP contribution < -0.4 is 10.5 Å². The average molecular weight is 246 g/mol. The molecule has 0 aromatic heterocycles. The van der Waals surface area contributed by atoms with Gasteiger partial charge < -0.3 is 10.5 Å². The van der Waals surface area contributed by atoms with Crippen LogP contribution in [0.1, 0.15) is 37.3 Å². The van der Waals surface area contributed by atoms with Gasteiger partial charge in [0, 0.05) is 0 Å². The van der Waals surface area contributed by atoms with E-state index in [1.807, 2.05) is 26.0 Å². The molecule has 98 valence electrons. The summed E-state index contributed by atoms with van der Waals surface area (Å²) in [5.41, 5.74) is 7.58. The van der Waals surface area contributed by atoms with Gasteiger partial charge in [-0.2, -0.15) is 5.26 Å². The zero-order chi connectivity index (χ0) is 13.6. The van der Waals surface area contributed by atoms with E-state index in [2.05, 4.69) is 19.1 Å². The second-order valence-electron chi connectivity index (χ2n) is 4.84. The molecule has 1 aromatic carbocycles. The van der Waals surface area contributed by atoms with Crippen molar-refractivity contribution in [2.24, 2.45) is 5.73 Å². The Labute approximate surface area is 110 Å². The predicted molar refractivity (Wildman–Crippen MR) is 73.5 cm³/mol. The van der Waals surface area contributed by atoms with Gasteiger partial charge in [-0.05, 0) is 44.7 Å². The van der Waals surface area contributed by atoms with E-state index in [1.54, 1.807) is 0 Å². The molecule has 0 aliphatic rings. The number of nitriles is 1. The minimum Gasteiger partial charge on any atom is -0.493 e. The highest BCUT2D eigenvalue weighted by molar-refractivity contribution is 5.35. The van der Waals surface area contributed by atoms with E-state index < -0.39 is 5.54 Å². The zero-order valence-electron chi connectivity index (χ0n) is 11.5. The van der Waals surface area contributed by atoms with Crippen molar-refractivity contribution >= 4 is 0 Å². The lowest BCUT2D eigenvalue weighted by molar-refractivity contribution is 0.290. The maximum Gasteiger partial charge on any atom is 0.122 e. The van der Waals surface area contributed by atoms with Crippen LogP contribution in [0.25, 0.3) is 0 Å². The zero-order valence-corrected chi connectivity index (χ0v) is 11.5. The second kappa shape index (κ2) is 6.42. The molecule has 2 N–H and O–H groups in total. The Kier molecular flexibility index (Phi) is 5.18. The van der Waals surface area contributed by atoms with Gasteiger partial charge in [-0.3, -0.25) is 0 Å². The van der Waals surface area contributed by atoms with Crippen molar-refractivity contribution in [3.63, 3.8) is 0 Å². The van der Waals surface area contributed by atoms with Crippen LogP contribution in [0.5, 0.6) is 5.75 Å². The maximum atomic E-state index is 8.96. The maximum absolute atomic E-state index is 8.96. The van der Waals surface area contributed by atoms with E-state index in [0.717, 1.165) is 17.7 Å². The summed E-state index contributed by atoms with van der Waals surface area (Å²) in [6.45, 7) is 6.64. The van der Waals surface area contributed by atoms with Gasteiger partial charge in [0.15, 0.2) is 0 Å². The minimum absolute atomic E-state index is 0.602. The third kappa shape index (κ3) is 4.05. The summed E-state index contributed by atoms with van der Waals surface area (Å²) in [6.07, 6.45) is 2.14. The molecular formula is C15H22N2O. The van der Waals surface area contributed by atoms with Gasteiger partial charge >= 0.3 is 0 Å². The fourth-order valence-corrected chi connectivity index (χ4v) is 1.84. The van der Waals surface area contributed by atoms with Gasteiger partial charge in [-0.25, -0.2) is 0 Å². The summed E-state index contributed by atoms with van der Waals surface area (Å²) in [4.78, 5) is 0. The first kappa shape index (κ1) is 14.5. The largest absolute Gasteiger partial charge is 0.493 e. The van der Waals surface area contributed by atoms with Crippen LogP contribution in [0.4, 0.5) is 0 Å². The Balaban J connectivity index is 2.41. The van der Waals surface area contributed by atoms with Crippen molar-refractivity contribution in [1.29, 1.82) is 5.26 Å². The van der Waals surface area contributed by atoms with Crippen LogP contribution in [-0.4, -0.2) is 12.1 Å². The molecule has 1 aromatic rings. The first-order valence-corrected chi connectivity index (χ1v) is 6.41. The van der Waals surface area contributed by atoms with Crippen LogP contribution in [0.15, 0.2) is 18.2 Å². The van der Waals surface area contributed by atoms with Crippen molar-refractivity contribution in [1.82, 2.24) is 0 Å². The molecule has 0 aliphatic carbocycles. The summed E-state index contributed by atoms with van der Waals surface area (Å²) < 4.78 is 5.71. The highest BCUT2D eigenvalue weighted by Crippen LogP contribution is 2.20. The number of hydrogen-bond donors (Lipinski definition) is 1. The molecule has 0 saturated heterocycles. The van der Waals surface area contributed by atoms with E-state index in [9.17, 15) is 0 Å². The smallest absolute Gasteiger partial charge is 0.122 e. The summed E-state index contributed by atoms with van der Waals surface area (Å²) in [6, 6.07) is 8.30. The van der Waals surface area contributed by atoms with Gasteiger partial charge in [0.25, 0.3) is 0 Å². The molecule has 1 rings (SSSR count). The van der Waals surface area contributed by atoms with Gasteiger partial charge in [-0.1, -0.05) is 24.6 Å². The molecule has 0 aliphatic heterocycles. The van der Waals surface area contributed by atoms with Crippen molar-refractivity contribution in [2.75, 3.05) is 6.61 Å². The van der Waals surface area contributed by atoms with Crippen molar-refractivity contribution in [2.45, 2.75) is 45.6 Å². The van der Waals surface area contributed by atoms with Gasteiger partial charge in [0.1, 0.15) is 11.3 Å². The van der Waals surface area contributed by atoms with Crippen LogP contribution in [0, 0.1) is 25.2 Å². The standard InChI is InChI=1S/C15H22N2O/c1-4-15(17,11-16)8-5-9-18-14-7-6-12(2)10-13(14)3/h6-7,10H,4-5,8-9,17H2,1-3H3. The van der Waals surface area contributed by atoms with Crippen molar-refractivity contribution in [3.8, 4) is 11.8 Å². The Hall–Kier alpha value is -1.53. The Morgan fingerprint density at radius 2 is 2.11 bits per heavy atom. The Bertz CT molecular complexity index is 437. The number of aryl methyl sites for hydroxylation is 2. The summed E-state index contributed by atoms with van der Waals surface area (Å²) in [5, 5.41) is 8.96. The number of nitrogens with two attached hydrogens (primary N) is 1. The molecule has 1 atom stereocenters.